The summed E-state index contributed by atoms with van der Waals surface area (Å²) in [6, 6.07) is 19.8. The van der Waals surface area contributed by atoms with Crippen molar-refractivity contribution in [2.75, 3.05) is 36.4 Å². The Hall–Kier alpha value is -3.19. The Bertz CT molecular complexity index is 967. The quantitative estimate of drug-likeness (QED) is 0.706. The first-order valence-corrected chi connectivity index (χ1v) is 10.5. The third kappa shape index (κ3) is 4.81. The van der Waals surface area contributed by atoms with Crippen LogP contribution >= 0.6 is 11.3 Å². The third-order valence-corrected chi connectivity index (χ3v) is 5.62. The van der Waals surface area contributed by atoms with Crippen molar-refractivity contribution < 1.29 is 9.59 Å². The molecule has 0 unspecified atom stereocenters. The van der Waals surface area contributed by atoms with Gasteiger partial charge in [-0.15, -0.1) is 11.3 Å². The summed E-state index contributed by atoms with van der Waals surface area (Å²) >= 11 is 1.28. The van der Waals surface area contributed by atoms with Crippen LogP contribution in [0.15, 0.2) is 66.0 Å². The topological polar surface area (TPSA) is 65.5 Å². The number of hydrogen-bond acceptors (Lipinski definition) is 5. The van der Waals surface area contributed by atoms with Gasteiger partial charge >= 0.3 is 0 Å². The van der Waals surface area contributed by atoms with E-state index in [4.69, 9.17) is 0 Å². The molecule has 1 aliphatic heterocycles. The molecule has 7 heteroatoms. The Morgan fingerprint density at radius 1 is 0.931 bits per heavy atom. The van der Waals surface area contributed by atoms with E-state index in [2.05, 4.69) is 27.3 Å². The molecular formula is C22H22N4O2S. The highest BCUT2D eigenvalue weighted by Crippen LogP contribution is 2.20. The highest BCUT2D eigenvalue weighted by molar-refractivity contribution is 7.14. The second kappa shape index (κ2) is 8.87. The molecule has 0 saturated carbocycles. The van der Waals surface area contributed by atoms with Gasteiger partial charge in [0.1, 0.15) is 5.69 Å². The molecule has 2 heterocycles. The van der Waals surface area contributed by atoms with Gasteiger partial charge in [-0.05, 0) is 17.7 Å². The number of amides is 2. The van der Waals surface area contributed by atoms with Crippen LogP contribution in [0.5, 0.6) is 0 Å². The molecule has 1 saturated heterocycles. The van der Waals surface area contributed by atoms with E-state index in [0.717, 1.165) is 18.7 Å². The van der Waals surface area contributed by atoms with Crippen LogP contribution in [0, 0.1) is 0 Å². The van der Waals surface area contributed by atoms with Gasteiger partial charge in [-0.2, -0.15) is 0 Å². The van der Waals surface area contributed by atoms with Crippen molar-refractivity contribution in [3.8, 4) is 0 Å². The molecule has 0 bridgehead atoms. The number of aromatic nitrogens is 1. The summed E-state index contributed by atoms with van der Waals surface area (Å²) in [6.07, 6.45) is 0.283. The smallest absolute Gasteiger partial charge is 0.273 e. The standard InChI is InChI=1S/C22H22N4O2S/c27-20(15-17-7-3-1-4-8-17)24-22-23-19(16-29-22)21(28)26-13-11-25(12-14-26)18-9-5-2-6-10-18/h1-10,16H,11-15H2,(H,23,24,27). The number of benzene rings is 2. The molecule has 3 aromatic rings. The van der Waals surface area contributed by atoms with Crippen LogP contribution in [0.3, 0.4) is 0 Å². The molecule has 2 amide bonds. The van der Waals surface area contributed by atoms with Crippen molar-refractivity contribution in [1.82, 2.24) is 9.88 Å². The van der Waals surface area contributed by atoms with Crippen molar-refractivity contribution in [3.05, 3.63) is 77.3 Å². The van der Waals surface area contributed by atoms with Crippen LogP contribution in [0.2, 0.25) is 0 Å². The fourth-order valence-corrected chi connectivity index (χ4v) is 4.04. The van der Waals surface area contributed by atoms with Crippen molar-refractivity contribution in [1.29, 1.82) is 0 Å². The SMILES string of the molecule is O=C(Cc1ccccc1)Nc1nc(C(=O)N2CCN(c3ccccc3)CC2)cs1. The van der Waals surface area contributed by atoms with Gasteiger partial charge in [-0.1, -0.05) is 48.5 Å². The van der Waals surface area contributed by atoms with Gasteiger partial charge in [-0.25, -0.2) is 4.98 Å². The van der Waals surface area contributed by atoms with E-state index < -0.39 is 0 Å². The minimum Gasteiger partial charge on any atom is -0.368 e. The maximum absolute atomic E-state index is 12.8. The highest BCUT2D eigenvalue weighted by Gasteiger charge is 2.24. The number of carbonyl (C=O) groups is 2. The highest BCUT2D eigenvalue weighted by atomic mass is 32.1. The molecule has 0 atom stereocenters. The number of anilines is 2. The zero-order valence-corrected chi connectivity index (χ0v) is 16.8. The van der Waals surface area contributed by atoms with Gasteiger partial charge < -0.3 is 15.1 Å². The van der Waals surface area contributed by atoms with E-state index in [9.17, 15) is 9.59 Å². The molecule has 6 nitrogen and oxygen atoms in total. The van der Waals surface area contributed by atoms with Crippen molar-refractivity contribution >= 4 is 34.0 Å². The Morgan fingerprint density at radius 3 is 2.28 bits per heavy atom. The van der Waals surface area contributed by atoms with E-state index in [1.165, 1.54) is 17.0 Å². The summed E-state index contributed by atoms with van der Waals surface area (Å²) in [5.74, 6) is -0.224. The third-order valence-electron chi connectivity index (χ3n) is 4.87. The Kier molecular flexibility index (Phi) is 5.86. The molecule has 1 N–H and O–H groups in total. The fraction of sp³-hybridized carbons (Fsp3) is 0.227. The first kappa shape index (κ1) is 19.1. The summed E-state index contributed by atoms with van der Waals surface area (Å²) < 4.78 is 0. The Balaban J connectivity index is 1.31. The number of nitrogens with zero attached hydrogens (tertiary/aromatic N) is 3. The molecule has 4 rings (SSSR count). The van der Waals surface area contributed by atoms with E-state index >= 15 is 0 Å². The zero-order valence-electron chi connectivity index (χ0n) is 16.0. The molecule has 1 fully saturated rings. The minimum atomic E-state index is -0.138. The maximum atomic E-state index is 12.8. The Labute approximate surface area is 173 Å². The van der Waals surface area contributed by atoms with Gasteiger partial charge in [0.2, 0.25) is 5.91 Å². The lowest BCUT2D eigenvalue weighted by atomic mass is 10.1. The summed E-state index contributed by atoms with van der Waals surface area (Å²) in [5.41, 5.74) is 2.50. The average Bonchev–Trinajstić information content (AvgIpc) is 3.23. The van der Waals surface area contributed by atoms with Gasteiger partial charge in [0.25, 0.3) is 5.91 Å². The lowest BCUT2D eigenvalue weighted by molar-refractivity contribution is -0.115. The van der Waals surface area contributed by atoms with Crippen LogP contribution in [0.25, 0.3) is 0 Å². The van der Waals surface area contributed by atoms with Crippen LogP contribution in [0.4, 0.5) is 10.8 Å². The lowest BCUT2D eigenvalue weighted by Gasteiger charge is -2.35. The number of piperazine rings is 1. The second-order valence-electron chi connectivity index (χ2n) is 6.86. The molecule has 2 aromatic carbocycles. The van der Waals surface area contributed by atoms with Gasteiger partial charge in [0.05, 0.1) is 6.42 Å². The molecule has 0 radical (unpaired) electrons. The monoisotopic (exact) mass is 406 g/mol. The molecule has 1 aromatic heterocycles. The van der Waals surface area contributed by atoms with E-state index in [0.29, 0.717) is 23.9 Å². The molecule has 0 spiro atoms. The maximum Gasteiger partial charge on any atom is 0.273 e. The van der Waals surface area contributed by atoms with E-state index in [1.54, 1.807) is 5.38 Å². The molecule has 1 aliphatic rings. The first-order valence-electron chi connectivity index (χ1n) is 9.57. The summed E-state index contributed by atoms with van der Waals surface area (Å²) in [6.45, 7) is 2.89. The number of thiazole rings is 1. The van der Waals surface area contributed by atoms with Gasteiger partial charge in [-0.3, -0.25) is 9.59 Å². The number of nitrogens with one attached hydrogen (secondary N) is 1. The molecular weight excluding hydrogens is 384 g/mol. The number of carbonyl (C=O) groups excluding carboxylic acids is 2. The number of hydrogen-bond donors (Lipinski definition) is 1. The van der Waals surface area contributed by atoms with Crippen molar-refractivity contribution in [2.45, 2.75) is 6.42 Å². The zero-order chi connectivity index (χ0) is 20.1. The fourth-order valence-electron chi connectivity index (χ4n) is 3.34. The summed E-state index contributed by atoms with van der Waals surface area (Å²) in [4.78, 5) is 33.4. The summed E-state index contributed by atoms with van der Waals surface area (Å²) in [7, 11) is 0. The lowest BCUT2D eigenvalue weighted by Crippen LogP contribution is -2.48. The van der Waals surface area contributed by atoms with Crippen molar-refractivity contribution in [2.24, 2.45) is 0 Å². The summed E-state index contributed by atoms with van der Waals surface area (Å²) in [5, 5.41) is 4.95. The van der Waals surface area contributed by atoms with Crippen LogP contribution in [-0.2, 0) is 11.2 Å². The Morgan fingerprint density at radius 2 is 1.59 bits per heavy atom. The minimum absolute atomic E-state index is 0.0856. The molecule has 0 aliphatic carbocycles. The second-order valence-corrected chi connectivity index (χ2v) is 7.72. The normalized spacial score (nSPS) is 13.9. The van der Waals surface area contributed by atoms with Crippen LogP contribution in [-0.4, -0.2) is 47.9 Å². The van der Waals surface area contributed by atoms with Gasteiger partial charge in [0, 0.05) is 37.2 Å². The van der Waals surface area contributed by atoms with Crippen LogP contribution in [0.1, 0.15) is 16.1 Å². The predicted octanol–water partition coefficient (Wildman–Crippen LogP) is 3.29. The van der Waals surface area contributed by atoms with Crippen LogP contribution < -0.4 is 10.2 Å². The first-order chi connectivity index (χ1) is 14.2. The van der Waals surface area contributed by atoms with Gasteiger partial charge in [0.15, 0.2) is 5.13 Å². The van der Waals surface area contributed by atoms with E-state index in [1.807, 2.05) is 53.4 Å². The largest absolute Gasteiger partial charge is 0.368 e. The molecule has 148 valence electrons. The predicted molar refractivity (Wildman–Crippen MR) is 115 cm³/mol. The number of rotatable bonds is 5. The molecule has 29 heavy (non-hydrogen) atoms. The number of para-hydroxylation sites is 1. The van der Waals surface area contributed by atoms with Crippen molar-refractivity contribution in [3.63, 3.8) is 0 Å². The van der Waals surface area contributed by atoms with E-state index in [-0.39, 0.29) is 18.2 Å². The average molecular weight is 407 g/mol.